The zero-order chi connectivity index (χ0) is 13.0. The Balaban J connectivity index is 2.10. The van der Waals surface area contributed by atoms with Crippen molar-refractivity contribution in [3.63, 3.8) is 0 Å². The summed E-state index contributed by atoms with van der Waals surface area (Å²) in [6.45, 7) is 4.56. The molecule has 0 bridgehead atoms. The molecule has 1 saturated heterocycles. The van der Waals surface area contributed by atoms with Gasteiger partial charge in [-0.3, -0.25) is 9.48 Å². The normalized spacial score (nSPS) is 19.3. The molecule has 1 unspecified atom stereocenters. The molecule has 5 nitrogen and oxygen atoms in total. The monoisotopic (exact) mass is 251 g/mol. The molecule has 0 saturated carbocycles. The van der Waals surface area contributed by atoms with Crippen LogP contribution in [0.15, 0.2) is 6.20 Å². The fraction of sp³-hybridized carbons (Fsp3) is 0.692. The third kappa shape index (κ3) is 3.10. The van der Waals surface area contributed by atoms with Gasteiger partial charge in [0.2, 0.25) is 0 Å². The summed E-state index contributed by atoms with van der Waals surface area (Å²) < 4.78 is 7.19. The third-order valence-electron chi connectivity index (χ3n) is 3.35. The highest BCUT2D eigenvalue weighted by molar-refractivity contribution is 5.93. The van der Waals surface area contributed by atoms with E-state index in [0.29, 0.717) is 11.5 Å². The van der Waals surface area contributed by atoms with Crippen LogP contribution in [0.25, 0.3) is 0 Å². The molecular weight excluding hydrogens is 230 g/mol. The molecule has 1 aliphatic rings. The van der Waals surface area contributed by atoms with Crippen molar-refractivity contribution in [3.05, 3.63) is 17.5 Å². The number of amides is 1. The first kappa shape index (κ1) is 13.1. The minimum atomic E-state index is -0.383. The predicted octanol–water partition coefficient (Wildman–Crippen LogP) is 1.36. The molecule has 1 atom stereocenters. The van der Waals surface area contributed by atoms with Gasteiger partial charge >= 0.3 is 0 Å². The second-order valence-corrected chi connectivity index (χ2v) is 4.90. The Labute approximate surface area is 107 Å². The van der Waals surface area contributed by atoms with Gasteiger partial charge in [-0.15, -0.1) is 0 Å². The van der Waals surface area contributed by atoms with Crippen molar-refractivity contribution in [1.29, 1.82) is 0 Å². The molecule has 2 N–H and O–H groups in total. The van der Waals surface area contributed by atoms with Crippen LogP contribution in [0.3, 0.4) is 0 Å². The maximum atomic E-state index is 11.4. The number of hydrogen-bond acceptors (Lipinski definition) is 3. The van der Waals surface area contributed by atoms with E-state index in [1.54, 1.807) is 6.20 Å². The molecule has 1 aromatic rings. The smallest absolute Gasteiger partial charge is 0.252 e. The summed E-state index contributed by atoms with van der Waals surface area (Å²) in [5.41, 5.74) is 6.80. The largest absolute Gasteiger partial charge is 0.381 e. The Morgan fingerprint density at radius 2 is 2.50 bits per heavy atom. The van der Waals surface area contributed by atoms with E-state index >= 15 is 0 Å². The van der Waals surface area contributed by atoms with Crippen molar-refractivity contribution in [2.45, 2.75) is 39.2 Å². The maximum Gasteiger partial charge on any atom is 0.252 e. The van der Waals surface area contributed by atoms with E-state index in [9.17, 15) is 4.79 Å². The first-order valence-electron chi connectivity index (χ1n) is 6.64. The van der Waals surface area contributed by atoms with E-state index in [4.69, 9.17) is 10.5 Å². The third-order valence-corrected chi connectivity index (χ3v) is 3.35. The van der Waals surface area contributed by atoms with Crippen molar-refractivity contribution in [1.82, 2.24) is 9.78 Å². The molecule has 1 fully saturated rings. The molecule has 0 radical (unpaired) electrons. The van der Waals surface area contributed by atoms with Gasteiger partial charge in [0, 0.05) is 26.0 Å². The van der Waals surface area contributed by atoms with Crippen LogP contribution in [0, 0.1) is 5.92 Å². The van der Waals surface area contributed by atoms with Crippen LogP contribution in [-0.4, -0.2) is 28.9 Å². The summed E-state index contributed by atoms with van der Waals surface area (Å²) in [5.74, 6) is 0.0873. The molecule has 1 aromatic heterocycles. The number of carbonyl (C=O) groups excluding carboxylic acids is 1. The van der Waals surface area contributed by atoms with E-state index in [1.807, 2.05) is 4.68 Å². The Hall–Kier alpha value is -1.36. The van der Waals surface area contributed by atoms with E-state index in [1.165, 1.54) is 0 Å². The molecule has 2 rings (SSSR count). The van der Waals surface area contributed by atoms with E-state index in [2.05, 4.69) is 12.0 Å². The number of carbonyl (C=O) groups is 1. The molecular formula is C13H21N3O2. The topological polar surface area (TPSA) is 70.1 Å². The van der Waals surface area contributed by atoms with Crippen LogP contribution in [0.2, 0.25) is 0 Å². The molecule has 2 heterocycles. The highest BCUT2D eigenvalue weighted by atomic mass is 16.5. The van der Waals surface area contributed by atoms with Gasteiger partial charge in [0.15, 0.2) is 0 Å². The van der Waals surface area contributed by atoms with Gasteiger partial charge in [-0.2, -0.15) is 5.10 Å². The van der Waals surface area contributed by atoms with Gasteiger partial charge < -0.3 is 10.5 Å². The number of rotatable bonds is 6. The lowest BCUT2D eigenvalue weighted by Crippen LogP contribution is -2.14. The van der Waals surface area contributed by atoms with Crippen LogP contribution >= 0.6 is 0 Å². The van der Waals surface area contributed by atoms with Crippen molar-refractivity contribution in [2.24, 2.45) is 11.7 Å². The summed E-state index contributed by atoms with van der Waals surface area (Å²) in [6, 6.07) is 0. The van der Waals surface area contributed by atoms with Gasteiger partial charge in [-0.05, 0) is 25.2 Å². The predicted molar refractivity (Wildman–Crippen MR) is 68.3 cm³/mol. The van der Waals surface area contributed by atoms with Crippen LogP contribution in [0.4, 0.5) is 0 Å². The average Bonchev–Trinajstić information content (AvgIpc) is 2.96. The molecule has 5 heteroatoms. The second kappa shape index (κ2) is 6.00. The number of ether oxygens (including phenoxy) is 1. The van der Waals surface area contributed by atoms with Gasteiger partial charge in [-0.1, -0.05) is 13.3 Å². The zero-order valence-electron chi connectivity index (χ0n) is 10.9. The first-order chi connectivity index (χ1) is 8.70. The number of nitrogens with two attached hydrogens (primary N) is 1. The summed E-state index contributed by atoms with van der Waals surface area (Å²) >= 11 is 0. The molecule has 0 aromatic carbocycles. The molecule has 100 valence electrons. The van der Waals surface area contributed by atoms with E-state index in [0.717, 1.165) is 51.1 Å². The summed E-state index contributed by atoms with van der Waals surface area (Å²) in [6.07, 6.45) is 5.78. The van der Waals surface area contributed by atoms with Crippen LogP contribution in [0.1, 0.15) is 42.2 Å². The molecule has 18 heavy (non-hydrogen) atoms. The quantitative estimate of drug-likeness (QED) is 0.830. The van der Waals surface area contributed by atoms with Gasteiger partial charge in [0.05, 0.1) is 11.3 Å². The molecule has 1 aliphatic heterocycles. The van der Waals surface area contributed by atoms with Crippen molar-refractivity contribution < 1.29 is 9.53 Å². The molecule has 1 amide bonds. The van der Waals surface area contributed by atoms with Crippen LogP contribution < -0.4 is 5.73 Å². The maximum absolute atomic E-state index is 11.4. The lowest BCUT2D eigenvalue weighted by atomic mass is 10.0. The fourth-order valence-corrected chi connectivity index (χ4v) is 2.27. The summed E-state index contributed by atoms with van der Waals surface area (Å²) in [7, 11) is 0. The summed E-state index contributed by atoms with van der Waals surface area (Å²) in [4.78, 5) is 11.4. The van der Waals surface area contributed by atoms with Crippen molar-refractivity contribution in [2.75, 3.05) is 13.2 Å². The minimum Gasteiger partial charge on any atom is -0.381 e. The number of aryl methyl sites for hydroxylation is 1. The highest BCUT2D eigenvalue weighted by Gasteiger charge is 2.21. The number of aromatic nitrogens is 2. The van der Waals surface area contributed by atoms with Crippen molar-refractivity contribution >= 4 is 5.91 Å². The van der Waals surface area contributed by atoms with E-state index < -0.39 is 0 Å². The summed E-state index contributed by atoms with van der Waals surface area (Å²) in [5, 5.41) is 4.49. The number of nitrogens with zero attached hydrogens (tertiary/aromatic N) is 2. The van der Waals surface area contributed by atoms with Crippen LogP contribution in [0.5, 0.6) is 0 Å². The Morgan fingerprint density at radius 3 is 3.11 bits per heavy atom. The molecule has 0 aliphatic carbocycles. The highest BCUT2D eigenvalue weighted by Crippen LogP contribution is 2.19. The number of hydrogen-bond donors (Lipinski definition) is 1. The number of primary amides is 1. The Bertz CT molecular complexity index is 408. The van der Waals surface area contributed by atoms with Crippen LogP contribution in [-0.2, 0) is 17.7 Å². The Kier molecular flexibility index (Phi) is 4.36. The second-order valence-electron chi connectivity index (χ2n) is 4.90. The standard InChI is InChI=1S/C13H21N3O2/c1-2-3-5-16-8-11(13(14)17)12(15-16)7-10-4-6-18-9-10/h8,10H,2-7,9H2,1H3,(H2,14,17). The Morgan fingerprint density at radius 1 is 1.67 bits per heavy atom. The number of unbranched alkanes of at least 4 members (excludes halogenated alkanes) is 1. The SMILES string of the molecule is CCCCn1cc(C(N)=O)c(CC2CCOC2)n1. The van der Waals surface area contributed by atoms with Gasteiger partial charge in [0.25, 0.3) is 5.91 Å². The molecule has 0 spiro atoms. The fourth-order valence-electron chi connectivity index (χ4n) is 2.27. The van der Waals surface area contributed by atoms with Gasteiger partial charge in [0.1, 0.15) is 0 Å². The average molecular weight is 251 g/mol. The van der Waals surface area contributed by atoms with Crippen molar-refractivity contribution in [3.8, 4) is 0 Å². The van der Waals surface area contributed by atoms with Gasteiger partial charge in [-0.25, -0.2) is 0 Å². The lowest BCUT2D eigenvalue weighted by molar-refractivity contribution is 0.0999. The van der Waals surface area contributed by atoms with E-state index in [-0.39, 0.29) is 5.91 Å². The lowest BCUT2D eigenvalue weighted by Gasteiger charge is -2.05. The zero-order valence-corrected chi connectivity index (χ0v) is 10.9. The minimum absolute atomic E-state index is 0.383. The first-order valence-corrected chi connectivity index (χ1v) is 6.64.